The number of carbonyl (C=O) groups is 2. The molecular formula is C50H63Cl2LiN4O7S2. The molecule has 6 aromatic rings. The van der Waals surface area contributed by atoms with Crippen molar-refractivity contribution in [2.75, 3.05) is 20.8 Å². The molecule has 0 amide bonds. The molecule has 4 heterocycles. The van der Waals surface area contributed by atoms with Gasteiger partial charge in [0.2, 0.25) is 0 Å². The normalized spacial score (nSPS) is 11.9. The van der Waals surface area contributed by atoms with Crippen LogP contribution < -0.4 is 28.3 Å². The van der Waals surface area contributed by atoms with Crippen molar-refractivity contribution in [1.82, 2.24) is 19.1 Å². The van der Waals surface area contributed by atoms with Crippen LogP contribution in [0.4, 0.5) is 0 Å². The Morgan fingerprint density at radius 2 is 1.02 bits per heavy atom. The smallest absolute Gasteiger partial charge is 0.870 e. The Bertz CT molecular complexity index is 2600. The second kappa shape index (κ2) is 23.0. The second-order valence-electron chi connectivity index (χ2n) is 19.0. The summed E-state index contributed by atoms with van der Waals surface area (Å²) in [6.45, 7) is 23.8. The van der Waals surface area contributed by atoms with Crippen molar-refractivity contribution in [1.29, 1.82) is 0 Å². The number of carbonyl (C=O) groups excluding carboxylic acids is 1. The number of ether oxygens (including phenoxy) is 3. The number of nitrogens with zero attached hydrogens (tertiary/aromatic N) is 4. The van der Waals surface area contributed by atoms with E-state index in [1.807, 2.05) is 81.4 Å². The second-order valence-corrected chi connectivity index (χ2v) is 23.6. The van der Waals surface area contributed by atoms with Crippen molar-refractivity contribution in [3.8, 4) is 11.5 Å². The van der Waals surface area contributed by atoms with Gasteiger partial charge in [-0.25, -0.2) is 9.97 Å². The summed E-state index contributed by atoms with van der Waals surface area (Å²) in [6, 6.07) is 19.6. The van der Waals surface area contributed by atoms with E-state index < -0.39 is 16.8 Å². The minimum atomic E-state index is -0.927. The molecule has 11 nitrogen and oxygen atoms in total. The van der Waals surface area contributed by atoms with Gasteiger partial charge in [0.05, 0.1) is 44.1 Å². The standard InChI is InChI=1S/C26H33ClN2O3S.C24H29ClN2O3S.Li.H2O/c1-8-32-24(30)26(5,6)14-21-22(33-25(2,3)4)20-13-19(31-7)15-28-23(20)29(21)16-17-9-11-18(27)12-10-17;1-23(2,3)31-20-18-11-17(30-6)13-26-21(18)27(14-15-7-9-16(25)10-8-15)19(20)12-24(4,5)22(28)29;;/h9-13,15H,8,14,16H2,1-7H3;7-11,13H,12,14H2,1-6H3,(H,28,29);;1H2/q;;+1;/p-1. The summed E-state index contributed by atoms with van der Waals surface area (Å²) in [4.78, 5) is 36.4. The van der Waals surface area contributed by atoms with E-state index >= 15 is 0 Å². The van der Waals surface area contributed by atoms with Crippen molar-refractivity contribution >= 4 is 80.7 Å². The number of esters is 1. The van der Waals surface area contributed by atoms with Crippen molar-refractivity contribution < 1.29 is 53.2 Å². The molecule has 0 spiro atoms. The predicted molar refractivity (Wildman–Crippen MR) is 266 cm³/mol. The van der Waals surface area contributed by atoms with E-state index in [1.54, 1.807) is 64.0 Å². The van der Waals surface area contributed by atoms with Gasteiger partial charge in [-0.2, -0.15) is 0 Å². The molecular weight excluding hydrogens is 911 g/mol. The Balaban J connectivity index is 0.000000341. The van der Waals surface area contributed by atoms with Crippen LogP contribution in [0.25, 0.3) is 22.1 Å². The average Bonchev–Trinajstić information content (AvgIpc) is 3.63. The molecule has 0 aliphatic heterocycles. The first-order chi connectivity index (χ1) is 29.9. The van der Waals surface area contributed by atoms with Gasteiger partial charge in [0.15, 0.2) is 0 Å². The number of fused-ring (bicyclic) bond motifs is 2. The van der Waals surface area contributed by atoms with Crippen LogP contribution in [0.2, 0.25) is 10.0 Å². The maximum atomic E-state index is 12.8. The molecule has 4 aromatic heterocycles. The maximum absolute atomic E-state index is 12.8. The van der Waals surface area contributed by atoms with Crippen molar-refractivity contribution in [2.24, 2.45) is 10.8 Å². The van der Waals surface area contributed by atoms with Gasteiger partial charge in [-0.15, -0.1) is 23.5 Å². The van der Waals surface area contributed by atoms with E-state index in [9.17, 15) is 14.7 Å². The SMILES string of the molecule is CCOC(=O)C(C)(C)Cc1c(SC(C)(C)C)c2cc(OC)cnc2n1Cc1ccc(Cl)cc1.COc1cnc2c(c1)c(SC(C)(C)C)c(CC(C)(C)C(=O)O)n2Cc1ccc(Cl)cc1.[Li+].[OH-]. The maximum Gasteiger partial charge on any atom is 1.00 e. The van der Waals surface area contributed by atoms with Crippen LogP contribution in [-0.2, 0) is 40.3 Å². The van der Waals surface area contributed by atoms with Gasteiger partial charge in [0.25, 0.3) is 0 Å². The Morgan fingerprint density at radius 3 is 1.33 bits per heavy atom. The van der Waals surface area contributed by atoms with Gasteiger partial charge in [-0.1, -0.05) is 89.0 Å². The minimum Gasteiger partial charge on any atom is -0.870 e. The van der Waals surface area contributed by atoms with Crippen LogP contribution in [-0.4, -0.2) is 71.9 Å². The number of carboxylic acids is 1. The van der Waals surface area contributed by atoms with Crippen molar-refractivity contribution in [3.63, 3.8) is 0 Å². The van der Waals surface area contributed by atoms with Crippen LogP contribution in [0.1, 0.15) is 98.7 Å². The Labute approximate surface area is 420 Å². The van der Waals surface area contributed by atoms with Gasteiger partial charge in [-0.05, 0) is 82.1 Å². The van der Waals surface area contributed by atoms with Crippen LogP contribution in [0.15, 0.2) is 82.8 Å². The minimum absolute atomic E-state index is 0. The Kier molecular flexibility index (Phi) is 19.7. The monoisotopic (exact) mass is 972 g/mol. The zero-order chi connectivity index (χ0) is 47.4. The molecule has 0 aliphatic rings. The van der Waals surface area contributed by atoms with E-state index in [0.717, 1.165) is 54.4 Å². The molecule has 0 fully saturated rings. The molecule has 0 atom stereocenters. The van der Waals surface area contributed by atoms with E-state index in [4.69, 9.17) is 47.4 Å². The molecule has 2 N–H and O–H groups in total. The van der Waals surface area contributed by atoms with Crippen LogP contribution >= 0.6 is 46.7 Å². The van der Waals surface area contributed by atoms with Gasteiger partial charge < -0.3 is 33.9 Å². The number of pyridine rings is 2. The first kappa shape index (κ1) is 56.5. The molecule has 0 saturated carbocycles. The number of methoxy groups -OCH3 is 2. The molecule has 0 saturated heterocycles. The fraction of sp³-hybridized carbons (Fsp3) is 0.440. The van der Waals surface area contributed by atoms with E-state index in [-0.39, 0.29) is 39.8 Å². The zero-order valence-corrected chi connectivity index (χ0v) is 43.9. The quantitative estimate of drug-likeness (QED) is 0.0596. The van der Waals surface area contributed by atoms with E-state index in [1.165, 1.54) is 0 Å². The summed E-state index contributed by atoms with van der Waals surface area (Å²) >= 11 is 15.7. The topological polar surface area (TPSA) is 148 Å². The number of thioether (sulfide) groups is 2. The zero-order valence-electron chi connectivity index (χ0n) is 40.8. The number of rotatable bonds is 15. The summed E-state index contributed by atoms with van der Waals surface area (Å²) in [6.07, 6.45) is 4.36. The largest absolute Gasteiger partial charge is 1.00 e. The van der Waals surface area contributed by atoms with Gasteiger partial charge in [0.1, 0.15) is 22.8 Å². The summed E-state index contributed by atoms with van der Waals surface area (Å²) < 4.78 is 20.6. The number of aromatic nitrogens is 4. The third kappa shape index (κ3) is 14.4. The molecule has 352 valence electrons. The van der Waals surface area contributed by atoms with E-state index in [0.29, 0.717) is 54.1 Å². The van der Waals surface area contributed by atoms with Gasteiger partial charge in [0, 0.05) is 77.4 Å². The number of aliphatic carboxylic acids is 1. The van der Waals surface area contributed by atoms with Crippen molar-refractivity contribution in [3.05, 3.63) is 106 Å². The van der Waals surface area contributed by atoms with E-state index in [2.05, 4.69) is 50.7 Å². The average molecular weight is 974 g/mol. The predicted octanol–water partition coefficient (Wildman–Crippen LogP) is 9.89. The number of carboxylic acid groups (broad SMARTS) is 1. The summed E-state index contributed by atoms with van der Waals surface area (Å²) in [5.41, 5.74) is 4.28. The first-order valence-electron chi connectivity index (χ1n) is 21.2. The molecule has 0 radical (unpaired) electrons. The molecule has 0 bridgehead atoms. The molecule has 66 heavy (non-hydrogen) atoms. The molecule has 6 rings (SSSR count). The third-order valence-corrected chi connectivity index (χ3v) is 13.3. The molecule has 2 aromatic carbocycles. The third-order valence-electron chi connectivity index (χ3n) is 10.3. The van der Waals surface area contributed by atoms with Crippen LogP contribution in [0, 0.1) is 10.8 Å². The summed E-state index contributed by atoms with van der Waals surface area (Å²) in [5, 5.41) is 13.2. The fourth-order valence-electron chi connectivity index (χ4n) is 7.06. The van der Waals surface area contributed by atoms with Gasteiger partial charge >= 0.3 is 30.8 Å². The van der Waals surface area contributed by atoms with Gasteiger partial charge in [-0.3, -0.25) is 9.59 Å². The molecule has 0 aliphatic carbocycles. The molecule has 0 unspecified atom stereocenters. The number of hydrogen-bond acceptors (Lipinski definition) is 10. The number of benzene rings is 2. The van der Waals surface area contributed by atoms with Crippen LogP contribution in [0.3, 0.4) is 0 Å². The molecule has 16 heteroatoms. The van der Waals surface area contributed by atoms with Crippen molar-refractivity contribution in [2.45, 2.75) is 121 Å². The first-order valence-corrected chi connectivity index (χ1v) is 23.6. The van der Waals surface area contributed by atoms with Crippen LogP contribution in [0.5, 0.6) is 11.5 Å². The fourth-order valence-corrected chi connectivity index (χ4v) is 9.66. The Hall–Kier alpha value is -3.80. The summed E-state index contributed by atoms with van der Waals surface area (Å²) in [7, 11) is 3.27. The number of hydrogen-bond donors (Lipinski definition) is 1. The number of halogens is 2. The summed E-state index contributed by atoms with van der Waals surface area (Å²) in [5.74, 6) is 0.354. The Morgan fingerprint density at radius 1 is 0.652 bits per heavy atom.